The second-order valence-corrected chi connectivity index (χ2v) is 6.01. The average Bonchev–Trinajstić information content (AvgIpc) is 2.49. The van der Waals surface area contributed by atoms with Crippen molar-refractivity contribution in [2.45, 2.75) is 24.1 Å². The third-order valence-electron chi connectivity index (χ3n) is 3.48. The molecule has 0 unspecified atom stereocenters. The highest BCUT2D eigenvalue weighted by molar-refractivity contribution is 7.99. The number of thioether (sulfide) groups is 1. The summed E-state index contributed by atoms with van der Waals surface area (Å²) in [6.45, 7) is 0.730. The molecule has 2 N–H and O–H groups in total. The minimum absolute atomic E-state index is 0.236. The Morgan fingerprint density at radius 3 is 2.52 bits per heavy atom. The van der Waals surface area contributed by atoms with E-state index in [1.54, 1.807) is 0 Å². The summed E-state index contributed by atoms with van der Waals surface area (Å²) in [5.74, 6) is -0.227. The van der Waals surface area contributed by atoms with Gasteiger partial charge in [0.05, 0.1) is 5.75 Å². The molecule has 1 fully saturated rings. The number of hydrogen-bond donors (Lipinski definition) is 2. The van der Waals surface area contributed by atoms with Gasteiger partial charge in [-0.05, 0) is 5.56 Å². The molecule has 1 aromatic carbocycles. The van der Waals surface area contributed by atoms with Crippen LogP contribution in [0.2, 0.25) is 0 Å². The highest BCUT2D eigenvalue weighted by Crippen LogP contribution is 2.21. The number of carbonyl (C=O) groups is 2. The molecular weight excluding hydrogens is 290 g/mol. The van der Waals surface area contributed by atoms with Crippen LogP contribution in [0.1, 0.15) is 18.4 Å². The Balaban J connectivity index is 1.81. The fourth-order valence-electron chi connectivity index (χ4n) is 2.25. The van der Waals surface area contributed by atoms with E-state index in [4.69, 9.17) is 4.74 Å². The number of hydrogen-bond acceptors (Lipinski definition) is 4. The number of aliphatic carboxylic acids is 1. The number of amides is 1. The van der Waals surface area contributed by atoms with E-state index < -0.39 is 11.5 Å². The predicted molar refractivity (Wildman–Crippen MR) is 81.2 cm³/mol. The minimum atomic E-state index is -1.16. The molecule has 1 amide bonds. The van der Waals surface area contributed by atoms with Crippen molar-refractivity contribution in [2.75, 3.05) is 19.0 Å². The molecule has 1 aromatic rings. The lowest BCUT2D eigenvalue weighted by molar-refractivity contribution is -0.151. The average molecular weight is 309 g/mol. The number of carboxylic acid groups (broad SMARTS) is 1. The molecule has 0 bridgehead atoms. The van der Waals surface area contributed by atoms with Crippen molar-refractivity contribution >= 4 is 23.6 Å². The van der Waals surface area contributed by atoms with Crippen LogP contribution in [-0.4, -0.2) is 41.5 Å². The molecule has 21 heavy (non-hydrogen) atoms. The SMILES string of the molecule is O=C(CSCc1ccccc1)NC1(C(=O)O)CCOCC1. The van der Waals surface area contributed by atoms with Crippen LogP contribution in [0.5, 0.6) is 0 Å². The van der Waals surface area contributed by atoms with Gasteiger partial charge in [0.2, 0.25) is 5.91 Å². The fourth-order valence-corrected chi connectivity index (χ4v) is 3.04. The van der Waals surface area contributed by atoms with E-state index in [1.165, 1.54) is 11.8 Å². The summed E-state index contributed by atoms with van der Waals surface area (Å²) in [5.41, 5.74) is -0.0165. The largest absolute Gasteiger partial charge is 0.480 e. The van der Waals surface area contributed by atoms with E-state index in [9.17, 15) is 14.7 Å². The number of carboxylic acids is 1. The van der Waals surface area contributed by atoms with E-state index in [0.717, 1.165) is 11.3 Å². The molecule has 1 aliphatic rings. The van der Waals surface area contributed by atoms with Crippen molar-refractivity contribution in [1.82, 2.24) is 5.32 Å². The van der Waals surface area contributed by atoms with Crippen LogP contribution in [0, 0.1) is 0 Å². The zero-order valence-corrected chi connectivity index (χ0v) is 12.5. The molecule has 0 aliphatic carbocycles. The van der Waals surface area contributed by atoms with E-state index in [1.807, 2.05) is 30.3 Å². The maximum atomic E-state index is 12.0. The number of nitrogens with one attached hydrogen (secondary N) is 1. The number of benzene rings is 1. The fraction of sp³-hybridized carbons (Fsp3) is 0.467. The Morgan fingerprint density at radius 1 is 1.24 bits per heavy atom. The smallest absolute Gasteiger partial charge is 0.329 e. The van der Waals surface area contributed by atoms with Crippen LogP contribution in [0.4, 0.5) is 0 Å². The Labute approximate surface area is 128 Å². The zero-order valence-electron chi connectivity index (χ0n) is 11.7. The highest BCUT2D eigenvalue weighted by atomic mass is 32.2. The van der Waals surface area contributed by atoms with Crippen molar-refractivity contribution < 1.29 is 19.4 Å². The zero-order chi connectivity index (χ0) is 15.1. The Morgan fingerprint density at radius 2 is 1.90 bits per heavy atom. The van der Waals surface area contributed by atoms with E-state index >= 15 is 0 Å². The third kappa shape index (κ3) is 4.47. The first kappa shape index (κ1) is 15.9. The normalized spacial score (nSPS) is 17.1. The molecular formula is C15H19NO4S. The first-order chi connectivity index (χ1) is 10.1. The molecule has 2 rings (SSSR count). The van der Waals surface area contributed by atoms with Gasteiger partial charge in [0.25, 0.3) is 0 Å². The van der Waals surface area contributed by atoms with Crippen molar-refractivity contribution in [3.63, 3.8) is 0 Å². The lowest BCUT2D eigenvalue weighted by Crippen LogP contribution is -2.57. The Bertz CT molecular complexity index is 486. The molecule has 0 radical (unpaired) electrons. The van der Waals surface area contributed by atoms with E-state index in [-0.39, 0.29) is 11.7 Å². The maximum absolute atomic E-state index is 12.0. The van der Waals surface area contributed by atoms with Crippen LogP contribution >= 0.6 is 11.8 Å². The van der Waals surface area contributed by atoms with Crippen molar-refractivity contribution in [2.24, 2.45) is 0 Å². The highest BCUT2D eigenvalue weighted by Gasteiger charge is 2.41. The van der Waals surface area contributed by atoms with Crippen molar-refractivity contribution in [1.29, 1.82) is 0 Å². The van der Waals surface area contributed by atoms with Gasteiger partial charge in [-0.2, -0.15) is 0 Å². The summed E-state index contributed by atoms with van der Waals surface area (Å²) in [6.07, 6.45) is 0.634. The molecule has 1 aliphatic heterocycles. The summed E-state index contributed by atoms with van der Waals surface area (Å²) in [4.78, 5) is 23.4. The topological polar surface area (TPSA) is 75.6 Å². The molecule has 1 saturated heterocycles. The maximum Gasteiger partial charge on any atom is 0.329 e. The molecule has 0 saturated carbocycles. The lowest BCUT2D eigenvalue weighted by atomic mass is 9.90. The van der Waals surface area contributed by atoms with Gasteiger partial charge >= 0.3 is 5.97 Å². The lowest BCUT2D eigenvalue weighted by Gasteiger charge is -2.33. The third-order valence-corrected chi connectivity index (χ3v) is 4.48. The van der Waals surface area contributed by atoms with Crippen LogP contribution in [0.3, 0.4) is 0 Å². The predicted octanol–water partition coefficient (Wildman–Crippen LogP) is 1.67. The van der Waals surface area contributed by atoms with E-state index in [0.29, 0.717) is 26.1 Å². The summed E-state index contributed by atoms with van der Waals surface area (Å²) >= 11 is 1.48. The molecule has 0 spiro atoms. The first-order valence-electron chi connectivity index (χ1n) is 6.86. The summed E-state index contributed by atoms with van der Waals surface area (Å²) in [5, 5.41) is 12.0. The first-order valence-corrected chi connectivity index (χ1v) is 8.02. The van der Waals surface area contributed by atoms with Gasteiger partial charge in [-0.25, -0.2) is 4.79 Å². The molecule has 1 heterocycles. The number of ether oxygens (including phenoxy) is 1. The van der Waals surface area contributed by atoms with Crippen LogP contribution < -0.4 is 5.32 Å². The molecule has 0 aromatic heterocycles. The summed E-state index contributed by atoms with van der Waals surface area (Å²) in [6, 6.07) is 9.86. The molecule has 0 atom stereocenters. The molecule has 6 heteroatoms. The van der Waals surface area contributed by atoms with Gasteiger partial charge in [-0.15, -0.1) is 11.8 Å². The number of carbonyl (C=O) groups excluding carboxylic acids is 1. The van der Waals surface area contributed by atoms with Gasteiger partial charge in [0.15, 0.2) is 0 Å². The minimum Gasteiger partial charge on any atom is -0.480 e. The van der Waals surface area contributed by atoms with Gasteiger partial charge in [-0.1, -0.05) is 30.3 Å². The molecule has 5 nitrogen and oxygen atoms in total. The quantitative estimate of drug-likeness (QED) is 0.836. The standard InChI is InChI=1S/C15H19NO4S/c17-13(11-21-10-12-4-2-1-3-5-12)16-15(14(18)19)6-8-20-9-7-15/h1-5H,6-11H2,(H,16,17)(H,18,19). The van der Waals surface area contributed by atoms with Gasteiger partial charge in [-0.3, -0.25) is 4.79 Å². The van der Waals surface area contributed by atoms with Crippen molar-refractivity contribution in [3.05, 3.63) is 35.9 Å². The van der Waals surface area contributed by atoms with Gasteiger partial charge < -0.3 is 15.2 Å². The van der Waals surface area contributed by atoms with Crippen LogP contribution in [-0.2, 0) is 20.1 Å². The number of rotatable bonds is 6. The Kier molecular flexibility index (Phi) is 5.64. The van der Waals surface area contributed by atoms with Gasteiger partial charge in [0, 0.05) is 31.8 Å². The Hall–Kier alpha value is -1.53. The second kappa shape index (κ2) is 7.47. The van der Waals surface area contributed by atoms with Crippen LogP contribution in [0.25, 0.3) is 0 Å². The van der Waals surface area contributed by atoms with E-state index in [2.05, 4.69) is 5.32 Å². The van der Waals surface area contributed by atoms with Crippen LogP contribution in [0.15, 0.2) is 30.3 Å². The summed E-state index contributed by atoms with van der Waals surface area (Å²) in [7, 11) is 0. The monoisotopic (exact) mass is 309 g/mol. The van der Waals surface area contributed by atoms with Crippen molar-refractivity contribution in [3.8, 4) is 0 Å². The second-order valence-electron chi connectivity index (χ2n) is 5.03. The van der Waals surface area contributed by atoms with Gasteiger partial charge in [0.1, 0.15) is 5.54 Å². The molecule has 114 valence electrons. The summed E-state index contributed by atoms with van der Waals surface area (Å²) < 4.78 is 5.18.